The standard InChI is InChI=1S/C31H39F3O6/c1-20-11-9-13-21(2)17-25-27(24(19-37-4)28(35)39-25)26(18-22(3)14-10-12-20)40-29(36)30(38-5,31(32,33)34)23-15-7-6-8-16-23/h6-8,11,14-17,24-27H,9-10,12-13,18-19H2,1-5H3/b20-11+,21-17+,22-14+/t24-,25+,26+,27+,30-/m1/s1. The number of carbonyl (C=O) groups is 2. The third kappa shape index (κ3) is 7.04. The monoisotopic (exact) mass is 564 g/mol. The Hall–Kier alpha value is -2.91. The number of benzene rings is 1. The van der Waals surface area contributed by atoms with Gasteiger partial charge in [0.2, 0.25) is 0 Å². The minimum absolute atomic E-state index is 0.0288. The van der Waals surface area contributed by atoms with Gasteiger partial charge in [-0.2, -0.15) is 13.2 Å². The molecule has 0 spiro atoms. The van der Waals surface area contributed by atoms with Gasteiger partial charge in [0, 0.05) is 26.2 Å². The maximum Gasteiger partial charge on any atom is 0.432 e. The van der Waals surface area contributed by atoms with Crippen LogP contribution in [0.15, 0.2) is 65.3 Å². The maximum absolute atomic E-state index is 14.7. The molecule has 1 aromatic rings. The highest BCUT2D eigenvalue weighted by atomic mass is 19.4. The average Bonchev–Trinajstić information content (AvgIpc) is 3.18. The highest BCUT2D eigenvalue weighted by molar-refractivity contribution is 5.83. The Bertz CT molecular complexity index is 1120. The molecule has 3 rings (SSSR count). The Balaban J connectivity index is 2.12. The lowest BCUT2D eigenvalue weighted by atomic mass is 9.82. The van der Waals surface area contributed by atoms with Gasteiger partial charge in [0.25, 0.3) is 5.60 Å². The summed E-state index contributed by atoms with van der Waals surface area (Å²) in [6.07, 6.45) is 2.16. The first-order chi connectivity index (χ1) is 18.9. The van der Waals surface area contributed by atoms with Crippen molar-refractivity contribution < 1.29 is 41.7 Å². The van der Waals surface area contributed by atoms with Gasteiger partial charge in [0.15, 0.2) is 0 Å². The van der Waals surface area contributed by atoms with Crippen molar-refractivity contribution in [2.75, 3.05) is 20.8 Å². The third-order valence-electron chi connectivity index (χ3n) is 7.64. The molecule has 1 aliphatic carbocycles. The first-order valence-corrected chi connectivity index (χ1v) is 13.5. The summed E-state index contributed by atoms with van der Waals surface area (Å²) in [5.41, 5.74) is -0.725. The normalized spacial score (nSPS) is 30.2. The summed E-state index contributed by atoms with van der Waals surface area (Å²) in [6, 6.07) is 6.70. The van der Waals surface area contributed by atoms with Crippen molar-refractivity contribution in [2.24, 2.45) is 11.8 Å². The largest absolute Gasteiger partial charge is 0.459 e. The first kappa shape index (κ1) is 31.6. The Morgan fingerprint density at radius 1 is 0.975 bits per heavy atom. The van der Waals surface area contributed by atoms with Crippen molar-refractivity contribution >= 4 is 11.9 Å². The summed E-state index contributed by atoms with van der Waals surface area (Å²) in [6.45, 7) is 5.80. The second-order valence-electron chi connectivity index (χ2n) is 10.6. The molecular formula is C31H39F3O6. The van der Waals surface area contributed by atoms with E-state index in [2.05, 4.69) is 13.0 Å². The predicted molar refractivity (Wildman–Crippen MR) is 144 cm³/mol. The fourth-order valence-electron chi connectivity index (χ4n) is 5.48. The average molecular weight is 565 g/mol. The van der Waals surface area contributed by atoms with Crippen molar-refractivity contribution in [1.29, 1.82) is 0 Å². The van der Waals surface area contributed by atoms with Crippen LogP contribution >= 0.6 is 0 Å². The zero-order chi connectivity index (χ0) is 29.5. The number of ether oxygens (including phenoxy) is 4. The molecule has 40 heavy (non-hydrogen) atoms. The highest BCUT2D eigenvalue weighted by Crippen LogP contribution is 2.45. The summed E-state index contributed by atoms with van der Waals surface area (Å²) in [7, 11) is 2.27. The fraction of sp³-hybridized carbons (Fsp3) is 0.548. The van der Waals surface area contributed by atoms with Crippen LogP contribution in [0.2, 0.25) is 0 Å². The van der Waals surface area contributed by atoms with E-state index in [4.69, 9.17) is 18.9 Å². The van der Waals surface area contributed by atoms with Gasteiger partial charge in [-0.05, 0) is 52.5 Å². The molecule has 220 valence electrons. The van der Waals surface area contributed by atoms with Crippen LogP contribution in [0.1, 0.15) is 58.4 Å². The van der Waals surface area contributed by atoms with Gasteiger partial charge in [-0.1, -0.05) is 59.2 Å². The molecule has 0 radical (unpaired) electrons. The minimum atomic E-state index is -5.12. The smallest absolute Gasteiger partial charge is 0.432 e. The molecule has 0 aromatic heterocycles. The molecule has 1 aliphatic heterocycles. The number of fused-ring (bicyclic) bond motifs is 1. The maximum atomic E-state index is 14.7. The van der Waals surface area contributed by atoms with E-state index in [9.17, 15) is 22.8 Å². The number of methoxy groups -OCH3 is 2. The highest BCUT2D eigenvalue weighted by Gasteiger charge is 2.65. The van der Waals surface area contributed by atoms with E-state index < -0.39 is 53.3 Å². The molecule has 0 N–H and O–H groups in total. The SMILES string of the molecule is COC[C@H]1C(=O)O[C@H]2/C=C(\C)CC/C=C(\C)CC/C=C(\C)C[C@H](OC(=O)[C@](OC)(c3ccccc3)C(F)(F)F)[C@H]21. The third-order valence-corrected chi connectivity index (χ3v) is 7.64. The zero-order valence-corrected chi connectivity index (χ0v) is 23.8. The van der Waals surface area contributed by atoms with Crippen molar-refractivity contribution in [3.8, 4) is 0 Å². The fourth-order valence-corrected chi connectivity index (χ4v) is 5.48. The van der Waals surface area contributed by atoms with Gasteiger partial charge in [0.1, 0.15) is 12.2 Å². The van der Waals surface area contributed by atoms with E-state index in [1.807, 2.05) is 26.0 Å². The number of esters is 2. The molecule has 2 aliphatic rings. The van der Waals surface area contributed by atoms with Crippen LogP contribution in [-0.2, 0) is 34.1 Å². The number of rotatable bonds is 6. The first-order valence-electron chi connectivity index (χ1n) is 13.5. The Morgan fingerprint density at radius 2 is 1.60 bits per heavy atom. The lowest BCUT2D eigenvalue weighted by Gasteiger charge is -2.36. The van der Waals surface area contributed by atoms with E-state index in [-0.39, 0.29) is 13.0 Å². The van der Waals surface area contributed by atoms with Crippen molar-refractivity contribution in [3.05, 3.63) is 70.8 Å². The number of carbonyl (C=O) groups excluding carboxylic acids is 2. The summed E-state index contributed by atoms with van der Waals surface area (Å²) < 4.78 is 65.7. The lowest BCUT2D eigenvalue weighted by molar-refractivity contribution is -0.279. The van der Waals surface area contributed by atoms with Gasteiger partial charge in [-0.25, -0.2) is 4.79 Å². The minimum Gasteiger partial charge on any atom is -0.459 e. The molecule has 6 nitrogen and oxygen atoms in total. The Morgan fingerprint density at radius 3 is 2.20 bits per heavy atom. The summed E-state index contributed by atoms with van der Waals surface area (Å²) in [5.74, 6) is -3.74. The summed E-state index contributed by atoms with van der Waals surface area (Å²) in [5, 5.41) is 0. The van der Waals surface area contributed by atoms with Crippen molar-refractivity contribution in [1.82, 2.24) is 0 Å². The second-order valence-corrected chi connectivity index (χ2v) is 10.6. The molecule has 9 heteroatoms. The van der Waals surface area contributed by atoms with E-state index >= 15 is 0 Å². The van der Waals surface area contributed by atoms with Gasteiger partial charge in [-0.15, -0.1) is 0 Å². The molecule has 1 heterocycles. The molecule has 0 amide bonds. The quantitative estimate of drug-likeness (QED) is 0.286. The van der Waals surface area contributed by atoms with Gasteiger partial charge >= 0.3 is 18.1 Å². The number of hydrogen-bond donors (Lipinski definition) is 0. The summed E-state index contributed by atoms with van der Waals surface area (Å²) >= 11 is 0. The van der Waals surface area contributed by atoms with Gasteiger partial charge in [0.05, 0.1) is 18.4 Å². The van der Waals surface area contributed by atoms with E-state index in [1.54, 1.807) is 6.07 Å². The van der Waals surface area contributed by atoms with E-state index in [0.29, 0.717) is 0 Å². The van der Waals surface area contributed by atoms with Gasteiger partial charge < -0.3 is 18.9 Å². The zero-order valence-electron chi connectivity index (χ0n) is 23.8. The molecular weight excluding hydrogens is 525 g/mol. The van der Waals surface area contributed by atoms with Gasteiger partial charge in [-0.3, -0.25) is 4.79 Å². The van der Waals surface area contributed by atoms with Crippen LogP contribution in [0.4, 0.5) is 13.2 Å². The number of alkyl halides is 3. The molecule has 5 atom stereocenters. The topological polar surface area (TPSA) is 71.1 Å². The lowest BCUT2D eigenvalue weighted by Crippen LogP contribution is -2.53. The van der Waals surface area contributed by atoms with E-state index in [1.165, 1.54) is 36.9 Å². The van der Waals surface area contributed by atoms with Crippen molar-refractivity contribution in [2.45, 2.75) is 76.9 Å². The molecule has 1 aromatic carbocycles. The number of halogens is 3. The second kappa shape index (κ2) is 13.6. The number of hydrogen-bond acceptors (Lipinski definition) is 6. The molecule has 1 saturated heterocycles. The Labute approximate surface area is 234 Å². The van der Waals surface area contributed by atoms with Crippen LogP contribution in [0.5, 0.6) is 0 Å². The van der Waals surface area contributed by atoms with Crippen LogP contribution in [-0.4, -0.2) is 51.1 Å². The van der Waals surface area contributed by atoms with E-state index in [0.717, 1.165) is 43.9 Å². The Kier molecular flexibility index (Phi) is 10.8. The molecule has 1 fully saturated rings. The van der Waals surface area contributed by atoms with Crippen LogP contribution in [0, 0.1) is 11.8 Å². The van der Waals surface area contributed by atoms with Crippen LogP contribution in [0.3, 0.4) is 0 Å². The molecule has 0 bridgehead atoms. The molecule has 0 saturated carbocycles. The number of allylic oxidation sites excluding steroid dienone is 4. The molecule has 0 unspecified atom stereocenters. The van der Waals surface area contributed by atoms with Crippen LogP contribution < -0.4 is 0 Å². The predicted octanol–water partition coefficient (Wildman–Crippen LogP) is 6.61. The van der Waals surface area contributed by atoms with Crippen LogP contribution in [0.25, 0.3) is 0 Å². The summed E-state index contributed by atoms with van der Waals surface area (Å²) in [4.78, 5) is 26.6. The van der Waals surface area contributed by atoms with Crippen molar-refractivity contribution in [3.63, 3.8) is 0 Å².